The molecule has 0 amide bonds. The molecule has 2 N–H and O–H groups in total. The van der Waals surface area contributed by atoms with Crippen molar-refractivity contribution in [3.05, 3.63) is 29.3 Å². The summed E-state index contributed by atoms with van der Waals surface area (Å²) in [5, 5.41) is 4.53. The van der Waals surface area contributed by atoms with Crippen LogP contribution in [0.5, 0.6) is 0 Å². The molecule has 2 aromatic rings. The lowest BCUT2D eigenvalue weighted by Crippen LogP contribution is -2.13. The lowest BCUT2D eigenvalue weighted by Gasteiger charge is -2.14. The predicted octanol–water partition coefficient (Wildman–Crippen LogP) is 2.16. The van der Waals surface area contributed by atoms with E-state index in [0.717, 1.165) is 17.2 Å². The van der Waals surface area contributed by atoms with Gasteiger partial charge in [-0.15, -0.1) is 0 Å². The summed E-state index contributed by atoms with van der Waals surface area (Å²) >= 11 is 0. The number of nitrogens with two attached hydrogens (primary N) is 1. The van der Waals surface area contributed by atoms with Crippen LogP contribution in [-0.4, -0.2) is 19.7 Å². The van der Waals surface area contributed by atoms with Gasteiger partial charge >= 0.3 is 0 Å². The molecule has 2 rings (SSSR count). The van der Waals surface area contributed by atoms with Crippen LogP contribution < -0.4 is 5.73 Å². The van der Waals surface area contributed by atoms with E-state index >= 15 is 0 Å². The van der Waals surface area contributed by atoms with Crippen LogP contribution in [0.2, 0.25) is 0 Å². The Balaban J connectivity index is 2.54. The first-order valence-corrected chi connectivity index (χ1v) is 5.96. The number of hydrogen-bond donors (Lipinski definition) is 1. The summed E-state index contributed by atoms with van der Waals surface area (Å²) < 4.78 is 1.67. The average Bonchev–Trinajstić information content (AvgIpc) is 2.58. The minimum Gasteiger partial charge on any atom is -0.384 e. The van der Waals surface area contributed by atoms with Gasteiger partial charge in [-0.1, -0.05) is 20.8 Å². The molecular formula is C13H19N5. The zero-order valence-corrected chi connectivity index (χ0v) is 11.5. The van der Waals surface area contributed by atoms with Gasteiger partial charge in [0, 0.05) is 23.2 Å². The monoisotopic (exact) mass is 245 g/mol. The maximum Gasteiger partial charge on any atom is 0.159 e. The quantitative estimate of drug-likeness (QED) is 0.835. The first-order valence-electron chi connectivity index (χ1n) is 5.96. The van der Waals surface area contributed by atoms with E-state index in [1.807, 2.05) is 26.0 Å². The highest BCUT2D eigenvalue weighted by Crippen LogP contribution is 2.24. The van der Waals surface area contributed by atoms with E-state index in [4.69, 9.17) is 5.73 Å². The first kappa shape index (κ1) is 12.5. The molecule has 0 fully saturated rings. The third-order valence-electron chi connectivity index (χ3n) is 2.67. The van der Waals surface area contributed by atoms with Crippen molar-refractivity contribution in [1.29, 1.82) is 0 Å². The van der Waals surface area contributed by atoms with Crippen LogP contribution in [0.1, 0.15) is 38.0 Å². The van der Waals surface area contributed by atoms with Gasteiger partial charge < -0.3 is 5.73 Å². The molecule has 0 saturated heterocycles. The van der Waals surface area contributed by atoms with Crippen molar-refractivity contribution in [3.63, 3.8) is 0 Å². The van der Waals surface area contributed by atoms with E-state index < -0.39 is 0 Å². The third kappa shape index (κ3) is 2.34. The molecule has 0 atom stereocenters. The van der Waals surface area contributed by atoms with Gasteiger partial charge in [0.15, 0.2) is 5.82 Å². The van der Waals surface area contributed by atoms with Crippen molar-refractivity contribution in [2.75, 3.05) is 5.73 Å². The molecule has 0 aliphatic heterocycles. The van der Waals surface area contributed by atoms with E-state index in [2.05, 4.69) is 35.8 Å². The number of rotatable bonds is 1. The molecule has 96 valence electrons. The number of hydrogen-bond acceptors (Lipinski definition) is 4. The minimum atomic E-state index is -0.0313. The Kier molecular flexibility index (Phi) is 2.84. The topological polar surface area (TPSA) is 69.6 Å². The Morgan fingerprint density at radius 3 is 2.28 bits per heavy atom. The fraction of sp³-hybridized carbons (Fsp3) is 0.462. The van der Waals surface area contributed by atoms with Crippen molar-refractivity contribution in [3.8, 4) is 5.82 Å². The smallest absolute Gasteiger partial charge is 0.159 e. The first-order chi connectivity index (χ1) is 8.27. The number of aromatic nitrogens is 4. The fourth-order valence-electron chi connectivity index (χ4n) is 1.75. The van der Waals surface area contributed by atoms with E-state index in [-0.39, 0.29) is 5.41 Å². The highest BCUT2D eigenvalue weighted by molar-refractivity contribution is 5.41. The average molecular weight is 245 g/mol. The Morgan fingerprint density at radius 2 is 1.78 bits per heavy atom. The van der Waals surface area contributed by atoms with Gasteiger partial charge in [-0.3, -0.25) is 0 Å². The van der Waals surface area contributed by atoms with E-state index in [9.17, 15) is 0 Å². The predicted molar refractivity (Wildman–Crippen MR) is 71.7 cm³/mol. The van der Waals surface area contributed by atoms with Gasteiger partial charge in [-0.25, -0.2) is 9.97 Å². The normalized spacial score (nSPS) is 11.8. The summed E-state index contributed by atoms with van der Waals surface area (Å²) in [7, 11) is 0. The summed E-state index contributed by atoms with van der Waals surface area (Å²) in [6.45, 7) is 10.1. The summed E-state index contributed by atoms with van der Waals surface area (Å²) in [4.78, 5) is 8.62. The summed E-state index contributed by atoms with van der Waals surface area (Å²) in [6.07, 6.45) is 0. The Bertz CT molecular complexity index is 557. The number of nitrogen functional groups attached to an aromatic ring is 1. The molecule has 2 aromatic heterocycles. The number of aryl methyl sites for hydroxylation is 2. The molecule has 0 spiro atoms. The van der Waals surface area contributed by atoms with E-state index in [1.54, 1.807) is 4.68 Å². The third-order valence-corrected chi connectivity index (χ3v) is 2.67. The van der Waals surface area contributed by atoms with Crippen LogP contribution in [0.15, 0.2) is 12.1 Å². The molecule has 0 aliphatic rings. The standard InChI is InChI=1S/C13H19N5/c1-8-6-12(16-9(2)15-8)18-11(14)7-10(17-18)13(3,4)5/h6-7H,14H2,1-5H3. The van der Waals surface area contributed by atoms with Crippen LogP contribution in [0.3, 0.4) is 0 Å². The van der Waals surface area contributed by atoms with Gasteiger partial charge in [0.2, 0.25) is 0 Å². The Hall–Kier alpha value is -1.91. The Morgan fingerprint density at radius 1 is 1.11 bits per heavy atom. The van der Waals surface area contributed by atoms with Gasteiger partial charge in [-0.05, 0) is 13.8 Å². The molecule has 0 aliphatic carbocycles. The molecular weight excluding hydrogens is 226 g/mol. The number of nitrogens with zero attached hydrogens (tertiary/aromatic N) is 4. The van der Waals surface area contributed by atoms with Crippen molar-refractivity contribution >= 4 is 5.82 Å². The van der Waals surface area contributed by atoms with Crippen LogP contribution in [-0.2, 0) is 5.41 Å². The van der Waals surface area contributed by atoms with Gasteiger partial charge in [0.05, 0.1) is 5.69 Å². The molecule has 5 heteroatoms. The second-order valence-corrected chi connectivity index (χ2v) is 5.53. The van der Waals surface area contributed by atoms with Gasteiger partial charge in [0.1, 0.15) is 11.6 Å². The van der Waals surface area contributed by atoms with E-state index in [1.165, 1.54) is 0 Å². The van der Waals surface area contributed by atoms with Crippen molar-refractivity contribution < 1.29 is 0 Å². The summed E-state index contributed by atoms with van der Waals surface area (Å²) in [5.41, 5.74) is 7.84. The largest absolute Gasteiger partial charge is 0.384 e. The highest BCUT2D eigenvalue weighted by atomic mass is 15.3. The van der Waals surface area contributed by atoms with Crippen LogP contribution in [0.25, 0.3) is 5.82 Å². The molecule has 0 radical (unpaired) electrons. The highest BCUT2D eigenvalue weighted by Gasteiger charge is 2.20. The summed E-state index contributed by atoms with van der Waals surface area (Å²) in [6, 6.07) is 3.77. The molecule has 18 heavy (non-hydrogen) atoms. The lowest BCUT2D eigenvalue weighted by molar-refractivity contribution is 0.559. The maximum absolute atomic E-state index is 6.01. The molecule has 0 aromatic carbocycles. The second kappa shape index (κ2) is 4.08. The zero-order chi connectivity index (χ0) is 13.5. The zero-order valence-electron chi connectivity index (χ0n) is 11.5. The van der Waals surface area contributed by atoms with Crippen molar-refractivity contribution in [2.45, 2.75) is 40.0 Å². The molecule has 0 bridgehead atoms. The Labute approximate surface area is 107 Å². The van der Waals surface area contributed by atoms with Gasteiger partial charge in [0.25, 0.3) is 0 Å². The molecule has 0 unspecified atom stereocenters. The van der Waals surface area contributed by atoms with Crippen LogP contribution >= 0.6 is 0 Å². The maximum atomic E-state index is 6.01. The van der Waals surface area contributed by atoms with Crippen molar-refractivity contribution in [1.82, 2.24) is 19.7 Å². The SMILES string of the molecule is Cc1cc(-n2nc(C(C)(C)C)cc2N)nc(C)n1. The molecule has 0 saturated carbocycles. The molecule has 5 nitrogen and oxygen atoms in total. The van der Waals surface area contributed by atoms with Gasteiger partial charge in [-0.2, -0.15) is 9.78 Å². The van der Waals surface area contributed by atoms with Crippen LogP contribution in [0, 0.1) is 13.8 Å². The molecule has 2 heterocycles. The number of anilines is 1. The lowest BCUT2D eigenvalue weighted by atomic mass is 9.92. The second-order valence-electron chi connectivity index (χ2n) is 5.53. The van der Waals surface area contributed by atoms with Crippen molar-refractivity contribution in [2.24, 2.45) is 0 Å². The minimum absolute atomic E-state index is 0.0313. The van der Waals surface area contributed by atoms with Crippen LogP contribution in [0.4, 0.5) is 5.82 Å². The fourth-order valence-corrected chi connectivity index (χ4v) is 1.75. The summed E-state index contributed by atoms with van der Waals surface area (Å²) in [5.74, 6) is 2.03. The van der Waals surface area contributed by atoms with E-state index in [0.29, 0.717) is 11.6 Å².